The van der Waals surface area contributed by atoms with Crippen molar-refractivity contribution in [2.75, 3.05) is 47.5 Å². The van der Waals surface area contributed by atoms with Gasteiger partial charge in [-0.15, -0.1) is 0 Å². The summed E-state index contributed by atoms with van der Waals surface area (Å²) < 4.78 is 22.5. The summed E-state index contributed by atoms with van der Waals surface area (Å²) in [6.45, 7) is 4.65. The van der Waals surface area contributed by atoms with Gasteiger partial charge in [-0.05, 0) is 64.2 Å². The van der Waals surface area contributed by atoms with Crippen molar-refractivity contribution < 1.29 is 42.9 Å². The van der Waals surface area contributed by atoms with Crippen LogP contribution in [0.4, 0.5) is 0 Å². The van der Waals surface area contributed by atoms with Crippen molar-refractivity contribution in [3.8, 4) is 0 Å². The summed E-state index contributed by atoms with van der Waals surface area (Å²) in [5.41, 5.74) is 0. The number of esters is 2. The predicted molar refractivity (Wildman–Crippen MR) is 219 cm³/mol. The largest absolute Gasteiger partial charge is 0.545 e. The number of quaternary nitrogens is 1. The molecule has 0 radical (unpaired) electrons. The topological polar surface area (TPSA) is 111 Å². The van der Waals surface area contributed by atoms with Crippen LogP contribution in [-0.4, -0.2) is 82.3 Å². The number of likely N-dealkylation sites (N-methyl/N-ethyl adjacent to an activating group) is 1. The molecule has 0 heterocycles. The Morgan fingerprint density at radius 3 is 1.54 bits per heavy atom. The van der Waals surface area contributed by atoms with Gasteiger partial charge in [-0.2, -0.15) is 0 Å². The number of aliphatic carboxylic acids is 1. The molecule has 0 spiro atoms. The van der Waals surface area contributed by atoms with Crippen LogP contribution in [0.1, 0.15) is 174 Å². The Kier molecular flexibility index (Phi) is 35.7. The molecule has 0 amide bonds. The summed E-state index contributed by atoms with van der Waals surface area (Å²) in [5.74, 6) is -2.31. The summed E-state index contributed by atoms with van der Waals surface area (Å²) in [7, 11) is 5.90. The van der Waals surface area contributed by atoms with Gasteiger partial charge in [0.2, 0.25) is 0 Å². The van der Waals surface area contributed by atoms with Gasteiger partial charge in [0.15, 0.2) is 12.4 Å². The Morgan fingerprint density at radius 1 is 0.556 bits per heavy atom. The predicted octanol–water partition coefficient (Wildman–Crippen LogP) is 9.72. The maximum atomic E-state index is 12.7. The smallest absolute Gasteiger partial charge is 0.306 e. The lowest BCUT2D eigenvalue weighted by atomic mass is 10.1. The average molecular weight is 764 g/mol. The Bertz CT molecular complexity index is 987. The van der Waals surface area contributed by atoms with Gasteiger partial charge in [-0.1, -0.05) is 134 Å². The molecule has 0 saturated heterocycles. The number of nitrogens with zero attached hydrogens (tertiary/aromatic N) is 1. The molecule has 0 aromatic rings. The van der Waals surface area contributed by atoms with E-state index >= 15 is 0 Å². The van der Waals surface area contributed by atoms with Crippen LogP contribution in [0.2, 0.25) is 0 Å². The first-order chi connectivity index (χ1) is 26.1. The number of rotatable bonds is 39. The molecule has 9 nitrogen and oxygen atoms in total. The van der Waals surface area contributed by atoms with E-state index in [0.717, 1.165) is 77.0 Å². The number of carbonyl (C=O) groups excluding carboxylic acids is 3. The number of allylic oxidation sites excluding steroid dienone is 6. The number of carboxylic acids is 1. The second-order valence-corrected chi connectivity index (χ2v) is 15.6. The molecule has 0 aliphatic heterocycles. The Labute approximate surface area is 330 Å². The fraction of sp³-hybridized carbons (Fsp3) is 0.800. The first-order valence-electron chi connectivity index (χ1n) is 21.6. The van der Waals surface area contributed by atoms with Crippen molar-refractivity contribution in [2.45, 2.75) is 187 Å². The van der Waals surface area contributed by atoms with Crippen LogP contribution >= 0.6 is 0 Å². The second kappa shape index (κ2) is 37.4. The molecule has 0 aliphatic rings. The molecule has 0 fully saturated rings. The van der Waals surface area contributed by atoms with Crippen LogP contribution in [0.5, 0.6) is 0 Å². The minimum atomic E-state index is -1.62. The number of unbranched alkanes of at least 4 members (excludes halogenated alkanes) is 18. The van der Waals surface area contributed by atoms with Crippen LogP contribution in [0, 0.1) is 0 Å². The zero-order valence-electron chi connectivity index (χ0n) is 35.3. The van der Waals surface area contributed by atoms with E-state index in [4.69, 9.17) is 18.9 Å². The van der Waals surface area contributed by atoms with Crippen LogP contribution in [0.15, 0.2) is 36.5 Å². The molecule has 54 heavy (non-hydrogen) atoms. The summed E-state index contributed by atoms with van der Waals surface area (Å²) >= 11 is 0. The highest BCUT2D eigenvalue weighted by Gasteiger charge is 2.21. The van der Waals surface area contributed by atoms with Crippen LogP contribution < -0.4 is 5.11 Å². The molecule has 9 heteroatoms. The molecule has 0 aromatic carbocycles. The molecule has 2 unspecified atom stereocenters. The number of carboxylic acid groups (broad SMARTS) is 1. The zero-order valence-corrected chi connectivity index (χ0v) is 35.3. The van der Waals surface area contributed by atoms with Crippen molar-refractivity contribution in [3.63, 3.8) is 0 Å². The maximum Gasteiger partial charge on any atom is 0.306 e. The molecule has 0 rings (SSSR count). The second-order valence-electron chi connectivity index (χ2n) is 15.6. The molecule has 0 saturated carbocycles. The van der Waals surface area contributed by atoms with E-state index in [-0.39, 0.29) is 38.6 Å². The van der Waals surface area contributed by atoms with Gasteiger partial charge in [0.05, 0.1) is 40.3 Å². The molecule has 314 valence electrons. The minimum absolute atomic E-state index is 0.144. The first kappa shape index (κ1) is 51.5. The van der Waals surface area contributed by atoms with Gasteiger partial charge in [-0.25, -0.2) is 0 Å². The summed E-state index contributed by atoms with van der Waals surface area (Å²) in [4.78, 5) is 36.9. The normalized spacial score (nSPS) is 13.3. The van der Waals surface area contributed by atoms with Gasteiger partial charge in [0.1, 0.15) is 13.2 Å². The lowest BCUT2D eigenvalue weighted by molar-refractivity contribution is -0.870. The fourth-order valence-corrected chi connectivity index (χ4v) is 5.66. The number of ether oxygens (including phenoxy) is 4. The van der Waals surface area contributed by atoms with Crippen molar-refractivity contribution in [3.05, 3.63) is 36.5 Å². The van der Waals surface area contributed by atoms with Gasteiger partial charge < -0.3 is 33.3 Å². The third-order valence-corrected chi connectivity index (χ3v) is 9.11. The molecular weight excluding hydrogens is 682 g/mol. The molecule has 2 atom stereocenters. The monoisotopic (exact) mass is 764 g/mol. The maximum absolute atomic E-state index is 12.7. The SMILES string of the molecule is CCCC/C=C\CCCCCCCC(=O)OCC(COC(OCC[N+](C)(C)C)C(=O)[O-])OC(=O)CCCCCCCCC/C=C\C/C=C\CCCCCC. The Balaban J connectivity index is 4.46. The number of hydrogen-bond donors (Lipinski definition) is 0. The number of hydrogen-bond acceptors (Lipinski definition) is 8. The van der Waals surface area contributed by atoms with Crippen LogP contribution in [-0.2, 0) is 33.3 Å². The first-order valence-corrected chi connectivity index (χ1v) is 21.6. The third-order valence-electron chi connectivity index (χ3n) is 9.11. The summed E-state index contributed by atoms with van der Waals surface area (Å²) in [5, 5.41) is 11.7. The summed E-state index contributed by atoms with van der Waals surface area (Å²) in [6.07, 6.45) is 37.4. The van der Waals surface area contributed by atoms with Gasteiger partial charge in [0.25, 0.3) is 0 Å². The van der Waals surface area contributed by atoms with E-state index in [2.05, 4.69) is 50.3 Å². The van der Waals surface area contributed by atoms with E-state index in [1.165, 1.54) is 64.2 Å². The van der Waals surface area contributed by atoms with Crippen molar-refractivity contribution >= 4 is 17.9 Å². The molecular formula is C45H81NO8. The van der Waals surface area contributed by atoms with Crippen molar-refractivity contribution in [1.82, 2.24) is 0 Å². The zero-order chi connectivity index (χ0) is 40.0. The molecule has 0 bridgehead atoms. The highest BCUT2D eigenvalue weighted by atomic mass is 16.7. The molecule has 0 aromatic heterocycles. The average Bonchev–Trinajstić information content (AvgIpc) is 3.12. The summed E-state index contributed by atoms with van der Waals surface area (Å²) in [6, 6.07) is 0. The fourth-order valence-electron chi connectivity index (χ4n) is 5.66. The Hall–Kier alpha value is -2.49. The van der Waals surface area contributed by atoms with Gasteiger partial charge in [-0.3, -0.25) is 9.59 Å². The highest BCUT2D eigenvalue weighted by Crippen LogP contribution is 2.13. The van der Waals surface area contributed by atoms with Crippen molar-refractivity contribution in [2.24, 2.45) is 0 Å². The van der Waals surface area contributed by atoms with E-state index in [1.54, 1.807) is 0 Å². The van der Waals surface area contributed by atoms with Crippen LogP contribution in [0.25, 0.3) is 0 Å². The van der Waals surface area contributed by atoms with Crippen molar-refractivity contribution in [1.29, 1.82) is 0 Å². The van der Waals surface area contributed by atoms with E-state index in [0.29, 0.717) is 17.4 Å². The van der Waals surface area contributed by atoms with E-state index in [1.807, 2.05) is 21.1 Å². The number of carbonyl (C=O) groups is 3. The van der Waals surface area contributed by atoms with Gasteiger partial charge >= 0.3 is 11.9 Å². The Morgan fingerprint density at radius 2 is 1.02 bits per heavy atom. The lowest BCUT2D eigenvalue weighted by Gasteiger charge is -2.26. The van der Waals surface area contributed by atoms with E-state index < -0.39 is 24.3 Å². The molecule has 0 aliphatic carbocycles. The standard InChI is InChI=1S/C45H81NO8/c1-6-8-10-12-14-16-18-19-20-21-22-23-24-26-28-30-32-34-36-43(48)54-41(40-53-45(44(49)50)51-38-37-46(3,4)5)39-52-42(47)35-33-31-29-27-25-17-15-13-11-9-7-2/h13,15-16,18,20-21,41,45H,6-12,14,17,19,22-40H2,1-5H3/b15-13-,18-16-,21-20-. The van der Waals surface area contributed by atoms with Crippen LogP contribution in [0.3, 0.4) is 0 Å². The quantitative estimate of drug-likeness (QED) is 0.0200. The minimum Gasteiger partial charge on any atom is -0.545 e. The van der Waals surface area contributed by atoms with E-state index in [9.17, 15) is 19.5 Å². The highest BCUT2D eigenvalue weighted by molar-refractivity contribution is 5.70. The molecule has 0 N–H and O–H groups in total. The lowest BCUT2D eigenvalue weighted by Crippen LogP contribution is -2.44. The third kappa shape index (κ3) is 37.8. The van der Waals surface area contributed by atoms with Gasteiger partial charge in [0, 0.05) is 12.8 Å².